The van der Waals surface area contributed by atoms with E-state index in [1.807, 2.05) is 19.1 Å². The van der Waals surface area contributed by atoms with Gasteiger partial charge in [0, 0.05) is 30.3 Å². The maximum Gasteiger partial charge on any atom is 0.416 e. The van der Waals surface area contributed by atoms with Crippen LogP contribution in [-0.2, 0) is 6.18 Å². The lowest BCUT2D eigenvalue weighted by Gasteiger charge is -2.13. The van der Waals surface area contributed by atoms with Crippen LogP contribution in [0.2, 0.25) is 0 Å². The molecule has 6 nitrogen and oxygen atoms in total. The summed E-state index contributed by atoms with van der Waals surface area (Å²) < 4.78 is 41.2. The molecule has 3 aromatic rings. The normalized spacial score (nSPS) is 12.2. The third kappa shape index (κ3) is 4.76. The summed E-state index contributed by atoms with van der Waals surface area (Å²) in [6.45, 7) is 1.93. The van der Waals surface area contributed by atoms with Gasteiger partial charge in [-0.15, -0.1) is 5.10 Å². The first-order valence-electron chi connectivity index (χ1n) is 8.73. The molecule has 0 saturated heterocycles. The third-order valence-corrected chi connectivity index (χ3v) is 4.57. The standard InChI is InChI=1S/C20H17BrF3N5O/c1-12-4-6-16(7-5-12)29-19(25-26-27-29)17(11-28(2)3)18(30)13-8-14(20(22,23)24)10-15(21)9-13/h4-11H,1-3H3. The van der Waals surface area contributed by atoms with Crippen LogP contribution in [-0.4, -0.2) is 45.0 Å². The molecule has 0 radical (unpaired) electrons. The summed E-state index contributed by atoms with van der Waals surface area (Å²) in [6.07, 6.45) is -3.11. The SMILES string of the molecule is Cc1ccc(-n2nnnc2C(=CN(C)C)C(=O)c2cc(Br)cc(C(F)(F)F)c2)cc1. The van der Waals surface area contributed by atoms with Gasteiger partial charge in [0.2, 0.25) is 0 Å². The second-order valence-electron chi connectivity index (χ2n) is 6.81. The minimum Gasteiger partial charge on any atom is -0.383 e. The van der Waals surface area contributed by atoms with Crippen LogP contribution in [0.4, 0.5) is 13.2 Å². The molecular weight excluding hydrogens is 463 g/mol. The zero-order chi connectivity index (χ0) is 22.1. The summed E-state index contributed by atoms with van der Waals surface area (Å²) in [7, 11) is 3.38. The van der Waals surface area contributed by atoms with Crippen molar-refractivity contribution in [3.8, 4) is 5.69 Å². The van der Waals surface area contributed by atoms with Crippen LogP contribution in [0.5, 0.6) is 0 Å². The first kappa shape index (κ1) is 21.7. The number of rotatable bonds is 5. The van der Waals surface area contributed by atoms with Crippen LogP contribution in [0.1, 0.15) is 27.3 Å². The van der Waals surface area contributed by atoms with E-state index in [0.29, 0.717) is 5.69 Å². The van der Waals surface area contributed by atoms with Crippen molar-refractivity contribution in [1.82, 2.24) is 25.1 Å². The summed E-state index contributed by atoms with van der Waals surface area (Å²) in [4.78, 5) is 14.9. The molecule has 10 heteroatoms. The molecule has 1 heterocycles. The van der Waals surface area contributed by atoms with E-state index in [1.54, 1.807) is 31.1 Å². The second kappa shape index (κ2) is 8.39. The Morgan fingerprint density at radius 3 is 2.40 bits per heavy atom. The number of aryl methyl sites for hydroxylation is 1. The maximum absolute atomic E-state index is 13.3. The Labute approximate surface area is 179 Å². The number of halogens is 4. The van der Waals surface area contributed by atoms with E-state index in [1.165, 1.54) is 16.9 Å². The molecule has 3 rings (SSSR count). The number of hydrogen-bond donors (Lipinski definition) is 0. The van der Waals surface area contributed by atoms with E-state index in [-0.39, 0.29) is 21.4 Å². The molecule has 0 amide bonds. The molecule has 1 aromatic heterocycles. The average molecular weight is 480 g/mol. The number of hydrogen-bond acceptors (Lipinski definition) is 5. The molecule has 0 aliphatic carbocycles. The number of carbonyl (C=O) groups excluding carboxylic acids is 1. The van der Waals surface area contributed by atoms with Gasteiger partial charge in [-0.2, -0.15) is 17.9 Å². The third-order valence-electron chi connectivity index (χ3n) is 4.11. The van der Waals surface area contributed by atoms with Crippen molar-refractivity contribution in [3.05, 3.63) is 75.7 Å². The molecule has 0 bridgehead atoms. The van der Waals surface area contributed by atoms with Crippen LogP contribution in [0.3, 0.4) is 0 Å². The highest BCUT2D eigenvalue weighted by atomic mass is 79.9. The van der Waals surface area contributed by atoms with Gasteiger partial charge in [-0.3, -0.25) is 4.79 Å². The summed E-state index contributed by atoms with van der Waals surface area (Å²) in [5, 5.41) is 11.6. The van der Waals surface area contributed by atoms with E-state index in [4.69, 9.17) is 0 Å². The Morgan fingerprint density at radius 2 is 1.80 bits per heavy atom. The largest absolute Gasteiger partial charge is 0.416 e. The monoisotopic (exact) mass is 479 g/mol. The smallest absolute Gasteiger partial charge is 0.383 e. The molecule has 2 aromatic carbocycles. The molecule has 0 saturated carbocycles. The van der Waals surface area contributed by atoms with Crippen molar-refractivity contribution in [1.29, 1.82) is 0 Å². The van der Waals surface area contributed by atoms with Gasteiger partial charge in [-0.05, 0) is 47.7 Å². The molecule has 0 fully saturated rings. The molecule has 0 atom stereocenters. The van der Waals surface area contributed by atoms with Crippen LogP contribution < -0.4 is 0 Å². The van der Waals surface area contributed by atoms with Crippen molar-refractivity contribution in [2.75, 3.05) is 14.1 Å². The lowest BCUT2D eigenvalue weighted by molar-refractivity contribution is -0.137. The first-order chi connectivity index (χ1) is 14.1. The van der Waals surface area contributed by atoms with Gasteiger partial charge in [0.15, 0.2) is 11.6 Å². The van der Waals surface area contributed by atoms with Crippen molar-refractivity contribution < 1.29 is 18.0 Å². The minimum absolute atomic E-state index is 0.0526. The van der Waals surface area contributed by atoms with Gasteiger partial charge in [0.05, 0.1) is 16.8 Å². The summed E-state index contributed by atoms with van der Waals surface area (Å²) in [6, 6.07) is 10.4. The van der Waals surface area contributed by atoms with Crippen molar-refractivity contribution in [3.63, 3.8) is 0 Å². The fourth-order valence-electron chi connectivity index (χ4n) is 2.73. The lowest BCUT2D eigenvalue weighted by atomic mass is 10.0. The molecule has 0 aliphatic heterocycles. The zero-order valence-electron chi connectivity index (χ0n) is 16.3. The Balaban J connectivity index is 2.12. The van der Waals surface area contributed by atoms with E-state index >= 15 is 0 Å². The second-order valence-corrected chi connectivity index (χ2v) is 7.73. The van der Waals surface area contributed by atoms with Gasteiger partial charge < -0.3 is 4.90 Å². The highest BCUT2D eigenvalue weighted by Gasteiger charge is 2.32. The van der Waals surface area contributed by atoms with Crippen LogP contribution in [0.15, 0.2) is 53.1 Å². The van der Waals surface area contributed by atoms with E-state index in [2.05, 4.69) is 31.5 Å². The molecule has 156 valence electrons. The number of aromatic nitrogens is 4. The molecular formula is C20H17BrF3N5O. The van der Waals surface area contributed by atoms with Gasteiger partial charge in [0.1, 0.15) is 0 Å². The van der Waals surface area contributed by atoms with Gasteiger partial charge >= 0.3 is 6.18 Å². The average Bonchev–Trinajstić information content (AvgIpc) is 3.14. The van der Waals surface area contributed by atoms with Crippen molar-refractivity contribution in [2.24, 2.45) is 0 Å². The predicted molar refractivity (Wildman–Crippen MR) is 109 cm³/mol. The van der Waals surface area contributed by atoms with Crippen LogP contribution >= 0.6 is 15.9 Å². The summed E-state index contributed by atoms with van der Waals surface area (Å²) in [5.74, 6) is -0.523. The highest BCUT2D eigenvalue weighted by Crippen LogP contribution is 2.33. The van der Waals surface area contributed by atoms with E-state index in [9.17, 15) is 18.0 Å². The molecule has 0 spiro atoms. The number of tetrazole rings is 1. The highest BCUT2D eigenvalue weighted by molar-refractivity contribution is 9.10. The van der Waals surface area contributed by atoms with Crippen molar-refractivity contribution in [2.45, 2.75) is 13.1 Å². The molecule has 30 heavy (non-hydrogen) atoms. The lowest BCUT2D eigenvalue weighted by Crippen LogP contribution is -2.15. The number of nitrogens with zero attached hydrogens (tertiary/aromatic N) is 5. The fraction of sp³-hybridized carbons (Fsp3) is 0.200. The molecule has 0 unspecified atom stereocenters. The number of alkyl halides is 3. The number of Topliss-reactive ketones (excluding diaryl/α,β-unsaturated/α-hetero) is 1. The number of allylic oxidation sites excluding steroid dienone is 1. The number of ketones is 1. The zero-order valence-corrected chi connectivity index (χ0v) is 17.9. The number of carbonyl (C=O) groups is 1. The fourth-order valence-corrected chi connectivity index (χ4v) is 3.22. The Hall–Kier alpha value is -3.01. The quantitative estimate of drug-likeness (QED) is 0.397. The first-order valence-corrected chi connectivity index (χ1v) is 9.52. The van der Waals surface area contributed by atoms with Crippen LogP contribution in [0, 0.1) is 6.92 Å². The summed E-state index contributed by atoms with van der Waals surface area (Å²) in [5.41, 5.74) is 0.633. The Kier molecular flexibility index (Phi) is 6.06. The van der Waals surface area contributed by atoms with E-state index in [0.717, 1.165) is 17.7 Å². The van der Waals surface area contributed by atoms with Gasteiger partial charge in [0.25, 0.3) is 0 Å². The predicted octanol–water partition coefficient (Wildman–Crippen LogP) is 4.54. The topological polar surface area (TPSA) is 63.9 Å². The Bertz CT molecular complexity index is 1100. The summed E-state index contributed by atoms with van der Waals surface area (Å²) >= 11 is 3.05. The molecule has 0 N–H and O–H groups in total. The van der Waals surface area contributed by atoms with Crippen molar-refractivity contribution >= 4 is 27.3 Å². The van der Waals surface area contributed by atoms with Crippen LogP contribution in [0.25, 0.3) is 11.3 Å². The van der Waals surface area contributed by atoms with E-state index < -0.39 is 17.5 Å². The van der Waals surface area contributed by atoms with Gasteiger partial charge in [-0.1, -0.05) is 33.6 Å². The van der Waals surface area contributed by atoms with Gasteiger partial charge in [-0.25, -0.2) is 0 Å². The maximum atomic E-state index is 13.3. The number of benzene rings is 2. The minimum atomic E-state index is -4.59. The Morgan fingerprint density at radius 1 is 1.13 bits per heavy atom. The molecule has 0 aliphatic rings.